The average Bonchev–Trinajstić information content (AvgIpc) is 2.92. The van der Waals surface area contributed by atoms with Crippen LogP contribution in [-0.4, -0.2) is 43.3 Å². The van der Waals surface area contributed by atoms with E-state index in [1.54, 1.807) is 11.5 Å². The number of nitrogens with zero attached hydrogens (tertiary/aromatic N) is 2. The highest BCUT2D eigenvalue weighted by Gasteiger charge is 2.25. The zero-order valence-electron chi connectivity index (χ0n) is 11.8. The van der Waals surface area contributed by atoms with Crippen LogP contribution < -0.4 is 10.2 Å². The van der Waals surface area contributed by atoms with E-state index in [0.29, 0.717) is 6.04 Å². The van der Waals surface area contributed by atoms with Crippen LogP contribution in [0.5, 0.6) is 0 Å². The largest absolute Gasteiger partial charge is 0.377 e. The summed E-state index contributed by atoms with van der Waals surface area (Å²) in [5, 5.41) is 6.06. The molecule has 1 N–H and O–H groups in total. The second-order valence-corrected chi connectivity index (χ2v) is 5.88. The molecule has 1 fully saturated rings. The molecular formula is C15H21N3OS. The number of nitrogens with one attached hydrogen (secondary N) is 1. The summed E-state index contributed by atoms with van der Waals surface area (Å²) in [4.78, 5) is 2.46. The van der Waals surface area contributed by atoms with Gasteiger partial charge in [-0.05, 0) is 36.6 Å². The van der Waals surface area contributed by atoms with E-state index in [-0.39, 0.29) is 0 Å². The van der Waals surface area contributed by atoms with Gasteiger partial charge in [0.1, 0.15) is 5.00 Å². The van der Waals surface area contributed by atoms with Gasteiger partial charge in [0.15, 0.2) is 0 Å². The molecule has 1 unspecified atom stereocenters. The zero-order chi connectivity index (χ0) is 13.8. The number of benzene rings is 1. The van der Waals surface area contributed by atoms with E-state index in [4.69, 9.17) is 4.74 Å². The first-order chi connectivity index (χ1) is 9.90. The maximum atomic E-state index is 5.66. The highest BCUT2D eigenvalue weighted by atomic mass is 32.1. The van der Waals surface area contributed by atoms with Crippen molar-refractivity contribution >= 4 is 27.4 Å². The Balaban J connectivity index is 1.81. The van der Waals surface area contributed by atoms with Crippen LogP contribution in [0.1, 0.15) is 13.3 Å². The third kappa shape index (κ3) is 2.80. The number of anilines is 1. The summed E-state index contributed by atoms with van der Waals surface area (Å²) < 4.78 is 10.2. The molecule has 2 aromatic rings. The lowest BCUT2D eigenvalue weighted by molar-refractivity contribution is 0.0943. The average molecular weight is 291 g/mol. The van der Waals surface area contributed by atoms with Crippen LogP contribution in [0.15, 0.2) is 24.3 Å². The van der Waals surface area contributed by atoms with E-state index in [2.05, 4.69) is 39.7 Å². The molecule has 1 aromatic heterocycles. The highest BCUT2D eigenvalue weighted by Crippen LogP contribution is 2.33. The lowest BCUT2D eigenvalue weighted by Gasteiger charge is -2.36. The molecule has 1 atom stereocenters. The van der Waals surface area contributed by atoms with Crippen molar-refractivity contribution < 1.29 is 4.74 Å². The Morgan fingerprint density at radius 3 is 3.25 bits per heavy atom. The summed E-state index contributed by atoms with van der Waals surface area (Å²) in [7, 11) is 0. The second-order valence-electron chi connectivity index (χ2n) is 5.13. The van der Waals surface area contributed by atoms with Gasteiger partial charge < -0.3 is 15.0 Å². The van der Waals surface area contributed by atoms with Gasteiger partial charge in [-0.15, -0.1) is 0 Å². The molecule has 1 saturated heterocycles. The minimum Gasteiger partial charge on any atom is -0.377 e. The molecular weight excluding hydrogens is 270 g/mol. The number of rotatable bonds is 5. The third-order valence-corrected chi connectivity index (χ3v) is 4.58. The number of aromatic nitrogens is 1. The van der Waals surface area contributed by atoms with Crippen LogP contribution in [0.25, 0.3) is 10.9 Å². The van der Waals surface area contributed by atoms with Crippen molar-refractivity contribution in [3.63, 3.8) is 0 Å². The SMILES string of the molecule is CCCNCC1COCCN1c1snc2ccccc12. The fourth-order valence-electron chi connectivity index (χ4n) is 2.62. The van der Waals surface area contributed by atoms with Gasteiger partial charge in [0, 0.05) is 18.5 Å². The van der Waals surface area contributed by atoms with Crippen molar-refractivity contribution in [2.75, 3.05) is 37.7 Å². The van der Waals surface area contributed by atoms with Crippen LogP contribution in [0.2, 0.25) is 0 Å². The van der Waals surface area contributed by atoms with Crippen LogP contribution in [0.4, 0.5) is 5.00 Å². The fraction of sp³-hybridized carbons (Fsp3) is 0.533. The Hall–Kier alpha value is -1.17. The monoisotopic (exact) mass is 291 g/mol. The van der Waals surface area contributed by atoms with Crippen LogP contribution >= 0.6 is 11.5 Å². The van der Waals surface area contributed by atoms with Gasteiger partial charge in [0.05, 0.1) is 24.8 Å². The highest BCUT2D eigenvalue weighted by molar-refractivity contribution is 7.11. The van der Waals surface area contributed by atoms with Gasteiger partial charge in [-0.25, -0.2) is 0 Å². The van der Waals surface area contributed by atoms with E-state index in [9.17, 15) is 0 Å². The van der Waals surface area contributed by atoms with Crippen molar-refractivity contribution in [3.8, 4) is 0 Å². The van der Waals surface area contributed by atoms with Crippen molar-refractivity contribution in [3.05, 3.63) is 24.3 Å². The molecule has 0 aliphatic carbocycles. The number of morpholine rings is 1. The molecule has 1 aliphatic heterocycles. The van der Waals surface area contributed by atoms with Gasteiger partial charge in [0.2, 0.25) is 0 Å². The zero-order valence-corrected chi connectivity index (χ0v) is 12.7. The van der Waals surface area contributed by atoms with E-state index < -0.39 is 0 Å². The minimum absolute atomic E-state index is 0.402. The first-order valence-corrected chi connectivity index (χ1v) is 8.07. The molecule has 2 heterocycles. The van der Waals surface area contributed by atoms with Crippen LogP contribution in [0.3, 0.4) is 0 Å². The summed E-state index contributed by atoms with van der Waals surface area (Å²) >= 11 is 1.60. The lowest BCUT2D eigenvalue weighted by atomic mass is 10.2. The molecule has 0 bridgehead atoms. The molecule has 0 spiro atoms. The van der Waals surface area contributed by atoms with Crippen LogP contribution in [-0.2, 0) is 4.74 Å². The molecule has 4 nitrogen and oxygen atoms in total. The Morgan fingerprint density at radius 1 is 1.45 bits per heavy atom. The summed E-state index contributed by atoms with van der Waals surface area (Å²) in [6, 6.07) is 8.79. The molecule has 20 heavy (non-hydrogen) atoms. The maximum Gasteiger partial charge on any atom is 0.120 e. The quantitative estimate of drug-likeness (QED) is 0.859. The van der Waals surface area contributed by atoms with E-state index in [0.717, 1.165) is 44.8 Å². The van der Waals surface area contributed by atoms with Crippen LogP contribution in [0, 0.1) is 0 Å². The van der Waals surface area contributed by atoms with Gasteiger partial charge in [0.25, 0.3) is 0 Å². The molecule has 0 amide bonds. The number of ether oxygens (including phenoxy) is 1. The van der Waals surface area contributed by atoms with Crippen molar-refractivity contribution in [2.24, 2.45) is 0 Å². The normalized spacial score (nSPS) is 19.6. The molecule has 108 valence electrons. The number of hydrogen-bond acceptors (Lipinski definition) is 5. The molecule has 0 radical (unpaired) electrons. The minimum atomic E-state index is 0.402. The summed E-state index contributed by atoms with van der Waals surface area (Å²) in [5.41, 5.74) is 1.10. The standard InChI is InChI=1S/C15H21N3OS/c1-2-7-16-10-12-11-19-9-8-18(12)15-13-5-3-4-6-14(13)17-20-15/h3-6,12,16H,2,7-11H2,1H3. The molecule has 1 aliphatic rings. The van der Waals surface area contributed by atoms with Gasteiger partial charge >= 0.3 is 0 Å². The topological polar surface area (TPSA) is 37.4 Å². The second kappa shape index (κ2) is 6.52. The van der Waals surface area contributed by atoms with E-state index >= 15 is 0 Å². The number of hydrogen-bond donors (Lipinski definition) is 1. The fourth-order valence-corrected chi connectivity index (χ4v) is 3.58. The Labute approximate surface area is 123 Å². The molecule has 3 rings (SSSR count). The summed E-state index contributed by atoms with van der Waals surface area (Å²) in [6.45, 7) is 6.77. The summed E-state index contributed by atoms with van der Waals surface area (Å²) in [5.74, 6) is 0. The van der Waals surface area contributed by atoms with Crippen molar-refractivity contribution in [1.29, 1.82) is 0 Å². The van der Waals surface area contributed by atoms with Gasteiger partial charge in [-0.1, -0.05) is 19.1 Å². The van der Waals surface area contributed by atoms with Gasteiger partial charge in [-0.2, -0.15) is 4.37 Å². The van der Waals surface area contributed by atoms with E-state index in [1.165, 1.54) is 10.4 Å². The summed E-state index contributed by atoms with van der Waals surface area (Å²) in [6.07, 6.45) is 1.16. The van der Waals surface area contributed by atoms with Crippen molar-refractivity contribution in [1.82, 2.24) is 9.69 Å². The van der Waals surface area contributed by atoms with Gasteiger partial charge in [-0.3, -0.25) is 0 Å². The molecule has 5 heteroatoms. The smallest absolute Gasteiger partial charge is 0.120 e. The molecule has 0 saturated carbocycles. The van der Waals surface area contributed by atoms with Crippen molar-refractivity contribution in [2.45, 2.75) is 19.4 Å². The number of fused-ring (bicyclic) bond motifs is 1. The third-order valence-electron chi connectivity index (χ3n) is 3.66. The predicted molar refractivity (Wildman–Crippen MR) is 84.7 cm³/mol. The first kappa shape index (κ1) is 13.8. The Bertz CT molecular complexity index is 557. The predicted octanol–water partition coefficient (Wildman–Crippen LogP) is 2.50. The Morgan fingerprint density at radius 2 is 2.35 bits per heavy atom. The first-order valence-electron chi connectivity index (χ1n) is 7.29. The Kier molecular flexibility index (Phi) is 4.50. The van der Waals surface area contributed by atoms with E-state index in [1.807, 2.05) is 6.07 Å². The molecule has 1 aromatic carbocycles. The lowest BCUT2D eigenvalue weighted by Crippen LogP contribution is -2.50. The maximum absolute atomic E-state index is 5.66.